The molecule has 0 unspecified atom stereocenters. The number of benzene rings is 1. The van der Waals surface area contributed by atoms with E-state index in [2.05, 4.69) is 42.4 Å². The topological polar surface area (TPSA) is 56.7 Å². The van der Waals surface area contributed by atoms with Crippen LogP contribution in [0.5, 0.6) is 0 Å². The van der Waals surface area contributed by atoms with Crippen molar-refractivity contribution in [3.63, 3.8) is 0 Å². The Bertz CT molecular complexity index is 502. The average Bonchev–Trinajstić information content (AvgIpc) is 2.74. The Morgan fingerprint density at radius 2 is 2.06 bits per heavy atom. The van der Waals surface area contributed by atoms with E-state index in [1.54, 1.807) is 0 Å². The Balaban J connectivity index is 2.30. The number of hydrogen-bond acceptors (Lipinski definition) is 3. The lowest BCUT2D eigenvalue weighted by Gasteiger charge is -2.08. The van der Waals surface area contributed by atoms with Gasteiger partial charge in [0, 0.05) is 6.54 Å². The van der Waals surface area contributed by atoms with Crippen LogP contribution < -0.4 is 5.73 Å². The molecule has 0 saturated carbocycles. The molecule has 1 aromatic heterocycles. The lowest BCUT2D eigenvalue weighted by molar-refractivity contribution is 0.620. The minimum atomic E-state index is 0.455. The lowest BCUT2D eigenvalue weighted by Crippen LogP contribution is -2.08. The van der Waals surface area contributed by atoms with E-state index in [1.165, 1.54) is 11.1 Å². The van der Waals surface area contributed by atoms with E-state index in [0.29, 0.717) is 6.54 Å². The van der Waals surface area contributed by atoms with Gasteiger partial charge in [0.2, 0.25) is 0 Å². The highest BCUT2D eigenvalue weighted by atomic mass is 15.4. The monoisotopic (exact) mass is 230 g/mol. The molecule has 0 spiro atoms. The molecule has 2 aromatic rings. The van der Waals surface area contributed by atoms with Crippen LogP contribution in [0.4, 0.5) is 0 Å². The van der Waals surface area contributed by atoms with Crippen LogP contribution in [0, 0.1) is 6.92 Å². The average molecular weight is 230 g/mol. The maximum Gasteiger partial charge on any atom is 0.0994 e. The fraction of sp³-hybridized carbons (Fsp3) is 0.385. The molecule has 2 N–H and O–H groups in total. The van der Waals surface area contributed by atoms with Crippen LogP contribution in [0.2, 0.25) is 0 Å². The molecule has 1 aromatic carbocycles. The summed E-state index contributed by atoms with van der Waals surface area (Å²) in [5.74, 6) is 0. The lowest BCUT2D eigenvalue weighted by atomic mass is 10.1. The van der Waals surface area contributed by atoms with Crippen LogP contribution in [0.3, 0.4) is 0 Å². The Morgan fingerprint density at radius 1 is 1.29 bits per heavy atom. The molecule has 0 radical (unpaired) electrons. The number of rotatable bonds is 4. The third-order valence-corrected chi connectivity index (χ3v) is 3.03. The maximum absolute atomic E-state index is 5.65. The SMILES string of the molecule is CCc1c(CN)nnn1Cc1ccccc1C. The van der Waals surface area contributed by atoms with Crippen LogP contribution in [0.25, 0.3) is 0 Å². The first-order chi connectivity index (χ1) is 8.26. The first-order valence-electron chi connectivity index (χ1n) is 5.92. The highest BCUT2D eigenvalue weighted by Gasteiger charge is 2.10. The quantitative estimate of drug-likeness (QED) is 0.869. The van der Waals surface area contributed by atoms with Gasteiger partial charge in [-0.25, -0.2) is 4.68 Å². The Kier molecular flexibility index (Phi) is 3.54. The van der Waals surface area contributed by atoms with Crippen molar-refractivity contribution in [1.29, 1.82) is 0 Å². The fourth-order valence-electron chi connectivity index (χ4n) is 1.99. The fourth-order valence-corrected chi connectivity index (χ4v) is 1.99. The van der Waals surface area contributed by atoms with Crippen molar-refractivity contribution in [2.24, 2.45) is 5.73 Å². The van der Waals surface area contributed by atoms with Crippen LogP contribution >= 0.6 is 0 Å². The molecule has 0 fully saturated rings. The zero-order valence-electron chi connectivity index (χ0n) is 10.3. The van der Waals surface area contributed by atoms with Gasteiger partial charge in [-0.15, -0.1) is 5.10 Å². The van der Waals surface area contributed by atoms with Crippen LogP contribution in [0.1, 0.15) is 29.4 Å². The second kappa shape index (κ2) is 5.10. The zero-order chi connectivity index (χ0) is 12.3. The van der Waals surface area contributed by atoms with E-state index in [1.807, 2.05) is 10.7 Å². The van der Waals surface area contributed by atoms with Crippen LogP contribution in [0.15, 0.2) is 24.3 Å². The minimum absolute atomic E-state index is 0.455. The Labute approximate surface area is 101 Å². The minimum Gasteiger partial charge on any atom is -0.325 e. The van der Waals surface area contributed by atoms with Crippen LogP contribution in [-0.2, 0) is 19.5 Å². The standard InChI is InChI=1S/C13H18N4/c1-3-13-12(8-14)15-16-17(13)9-11-7-5-4-6-10(11)2/h4-7H,3,8-9,14H2,1-2H3. The molecule has 4 heteroatoms. The number of nitrogens with zero attached hydrogens (tertiary/aromatic N) is 3. The summed E-state index contributed by atoms with van der Waals surface area (Å²) in [5, 5.41) is 8.30. The molecule has 0 atom stereocenters. The predicted molar refractivity (Wildman–Crippen MR) is 67.6 cm³/mol. The molecular weight excluding hydrogens is 212 g/mol. The molecule has 0 aliphatic rings. The van der Waals surface area contributed by atoms with Crippen molar-refractivity contribution in [2.45, 2.75) is 33.4 Å². The summed E-state index contributed by atoms with van der Waals surface area (Å²) in [4.78, 5) is 0. The van der Waals surface area contributed by atoms with Gasteiger partial charge in [0.15, 0.2) is 0 Å². The molecule has 0 aliphatic heterocycles. The van der Waals surface area contributed by atoms with E-state index in [-0.39, 0.29) is 0 Å². The smallest absolute Gasteiger partial charge is 0.0994 e. The predicted octanol–water partition coefficient (Wildman–Crippen LogP) is 1.66. The van der Waals surface area contributed by atoms with Crippen LogP contribution in [-0.4, -0.2) is 15.0 Å². The summed E-state index contributed by atoms with van der Waals surface area (Å²) >= 11 is 0. The molecule has 1 heterocycles. The number of aromatic nitrogens is 3. The summed E-state index contributed by atoms with van der Waals surface area (Å²) in [6.45, 7) is 5.44. The second-order valence-corrected chi connectivity index (χ2v) is 4.12. The molecule has 0 bridgehead atoms. The summed E-state index contributed by atoms with van der Waals surface area (Å²) in [6.07, 6.45) is 0.908. The van der Waals surface area contributed by atoms with Crippen molar-refractivity contribution in [3.05, 3.63) is 46.8 Å². The van der Waals surface area contributed by atoms with Crippen molar-refractivity contribution in [2.75, 3.05) is 0 Å². The molecule has 4 nitrogen and oxygen atoms in total. The highest BCUT2D eigenvalue weighted by molar-refractivity contribution is 5.26. The second-order valence-electron chi connectivity index (χ2n) is 4.12. The third-order valence-electron chi connectivity index (χ3n) is 3.03. The van der Waals surface area contributed by atoms with E-state index >= 15 is 0 Å². The van der Waals surface area contributed by atoms with Gasteiger partial charge in [-0.2, -0.15) is 0 Å². The van der Waals surface area contributed by atoms with Crippen molar-refractivity contribution in [1.82, 2.24) is 15.0 Å². The summed E-state index contributed by atoms with van der Waals surface area (Å²) in [5.41, 5.74) is 10.2. The van der Waals surface area contributed by atoms with E-state index in [0.717, 1.165) is 24.4 Å². The molecule has 0 saturated heterocycles. The zero-order valence-corrected chi connectivity index (χ0v) is 10.3. The van der Waals surface area contributed by atoms with Crippen molar-refractivity contribution in [3.8, 4) is 0 Å². The van der Waals surface area contributed by atoms with Gasteiger partial charge in [0.1, 0.15) is 0 Å². The maximum atomic E-state index is 5.65. The molecule has 0 amide bonds. The van der Waals surface area contributed by atoms with E-state index < -0.39 is 0 Å². The molecule has 17 heavy (non-hydrogen) atoms. The van der Waals surface area contributed by atoms with E-state index in [9.17, 15) is 0 Å². The molecule has 90 valence electrons. The summed E-state index contributed by atoms with van der Waals surface area (Å²) < 4.78 is 1.95. The molecule has 2 rings (SSSR count). The first-order valence-corrected chi connectivity index (χ1v) is 5.92. The molecular formula is C13H18N4. The van der Waals surface area contributed by atoms with Crippen molar-refractivity contribution >= 4 is 0 Å². The third kappa shape index (κ3) is 2.36. The molecule has 0 aliphatic carbocycles. The van der Waals surface area contributed by atoms with Crippen molar-refractivity contribution < 1.29 is 0 Å². The van der Waals surface area contributed by atoms with Gasteiger partial charge < -0.3 is 5.73 Å². The Morgan fingerprint density at radius 3 is 2.71 bits per heavy atom. The van der Waals surface area contributed by atoms with Gasteiger partial charge in [-0.1, -0.05) is 36.4 Å². The first kappa shape index (κ1) is 11.8. The normalized spacial score (nSPS) is 10.8. The van der Waals surface area contributed by atoms with Gasteiger partial charge >= 0.3 is 0 Å². The summed E-state index contributed by atoms with van der Waals surface area (Å²) in [6, 6.07) is 8.33. The van der Waals surface area contributed by atoms with Gasteiger partial charge in [-0.05, 0) is 24.5 Å². The van der Waals surface area contributed by atoms with Gasteiger partial charge in [-0.3, -0.25) is 0 Å². The number of hydrogen-bond donors (Lipinski definition) is 1. The summed E-state index contributed by atoms with van der Waals surface area (Å²) in [7, 11) is 0. The number of aryl methyl sites for hydroxylation is 1. The van der Waals surface area contributed by atoms with E-state index in [4.69, 9.17) is 5.73 Å². The highest BCUT2D eigenvalue weighted by Crippen LogP contribution is 2.12. The largest absolute Gasteiger partial charge is 0.325 e. The van der Waals surface area contributed by atoms with Gasteiger partial charge in [0.05, 0.1) is 17.9 Å². The van der Waals surface area contributed by atoms with Gasteiger partial charge in [0.25, 0.3) is 0 Å². The number of nitrogens with two attached hydrogens (primary N) is 1. The Hall–Kier alpha value is -1.68.